The summed E-state index contributed by atoms with van der Waals surface area (Å²) in [5.74, 6) is 0.385. The van der Waals surface area contributed by atoms with Crippen molar-refractivity contribution in [1.29, 1.82) is 0 Å². The summed E-state index contributed by atoms with van der Waals surface area (Å²) in [6, 6.07) is 19.2. The Morgan fingerprint density at radius 3 is 2.39 bits per heavy atom. The third-order valence-electron chi connectivity index (χ3n) is 6.34. The molecule has 1 saturated heterocycles. The van der Waals surface area contributed by atoms with Gasteiger partial charge in [-0.05, 0) is 67.6 Å². The van der Waals surface area contributed by atoms with Crippen LogP contribution >= 0.6 is 11.8 Å². The van der Waals surface area contributed by atoms with E-state index in [-0.39, 0.29) is 17.4 Å². The number of hydrogen-bond acceptors (Lipinski definition) is 4. The largest absolute Gasteiger partial charge is 0.444 e. The maximum Gasteiger partial charge on any atom is 0.289 e. The maximum absolute atomic E-state index is 13.2. The van der Waals surface area contributed by atoms with Crippen LogP contribution in [0.4, 0.5) is 5.69 Å². The SMILES string of the molecule is Cc1ccc(N2CCN(C(=O)c3ccc(Sc4cc(C(C)(C)C)ccc4C)o3)CC2C)cc1. The molecule has 33 heavy (non-hydrogen) atoms. The molecule has 1 aliphatic heterocycles. The Morgan fingerprint density at radius 2 is 1.73 bits per heavy atom. The van der Waals surface area contributed by atoms with Gasteiger partial charge in [-0.1, -0.05) is 62.4 Å². The summed E-state index contributed by atoms with van der Waals surface area (Å²) in [6.07, 6.45) is 0. The number of carbonyl (C=O) groups excluding carboxylic acids is 1. The summed E-state index contributed by atoms with van der Waals surface area (Å²) in [5, 5.41) is 0.749. The van der Waals surface area contributed by atoms with Gasteiger partial charge in [0.25, 0.3) is 5.91 Å². The highest BCUT2D eigenvalue weighted by molar-refractivity contribution is 7.99. The lowest BCUT2D eigenvalue weighted by molar-refractivity contribution is 0.0689. The molecule has 1 aliphatic rings. The third-order valence-corrected chi connectivity index (χ3v) is 7.42. The number of rotatable bonds is 4. The van der Waals surface area contributed by atoms with Crippen LogP contribution in [0.1, 0.15) is 54.9 Å². The first kappa shape index (κ1) is 23.5. The van der Waals surface area contributed by atoms with E-state index in [1.165, 1.54) is 22.4 Å². The highest BCUT2D eigenvalue weighted by Gasteiger charge is 2.29. The average molecular weight is 463 g/mol. The number of hydrogen-bond donors (Lipinski definition) is 0. The molecule has 1 amide bonds. The number of carbonyl (C=O) groups is 1. The zero-order valence-corrected chi connectivity index (χ0v) is 21.3. The van der Waals surface area contributed by atoms with Gasteiger partial charge in [-0.3, -0.25) is 4.79 Å². The number of piperazine rings is 1. The normalized spacial score (nSPS) is 16.8. The number of anilines is 1. The van der Waals surface area contributed by atoms with Crippen LogP contribution in [0, 0.1) is 13.8 Å². The van der Waals surface area contributed by atoms with Gasteiger partial charge in [-0.15, -0.1) is 0 Å². The zero-order chi connectivity index (χ0) is 23.8. The van der Waals surface area contributed by atoms with Crippen molar-refractivity contribution in [2.75, 3.05) is 24.5 Å². The molecule has 2 heterocycles. The Bertz CT molecular complexity index is 1130. The topological polar surface area (TPSA) is 36.7 Å². The molecule has 3 aromatic rings. The fourth-order valence-electron chi connectivity index (χ4n) is 4.19. The molecule has 2 aromatic carbocycles. The molecule has 1 atom stereocenters. The fourth-order valence-corrected chi connectivity index (χ4v) is 5.09. The van der Waals surface area contributed by atoms with Gasteiger partial charge in [0.05, 0.1) is 0 Å². The van der Waals surface area contributed by atoms with E-state index < -0.39 is 0 Å². The summed E-state index contributed by atoms with van der Waals surface area (Å²) < 4.78 is 6.00. The summed E-state index contributed by atoms with van der Waals surface area (Å²) in [7, 11) is 0. The molecular formula is C28H34N2O2S. The second-order valence-corrected chi connectivity index (χ2v) is 11.1. The molecule has 4 nitrogen and oxygen atoms in total. The van der Waals surface area contributed by atoms with Crippen molar-refractivity contribution in [1.82, 2.24) is 4.90 Å². The maximum atomic E-state index is 13.2. The Morgan fingerprint density at radius 1 is 1.00 bits per heavy atom. The van der Waals surface area contributed by atoms with Crippen LogP contribution in [0.5, 0.6) is 0 Å². The molecular weight excluding hydrogens is 428 g/mol. The van der Waals surface area contributed by atoms with Crippen molar-refractivity contribution in [2.24, 2.45) is 0 Å². The molecule has 5 heteroatoms. The molecule has 0 spiro atoms. The van der Waals surface area contributed by atoms with Gasteiger partial charge in [0.15, 0.2) is 10.9 Å². The molecule has 0 bridgehead atoms. The van der Waals surface area contributed by atoms with Crippen molar-refractivity contribution in [3.63, 3.8) is 0 Å². The first-order chi connectivity index (χ1) is 15.6. The van der Waals surface area contributed by atoms with Crippen LogP contribution in [0.25, 0.3) is 0 Å². The van der Waals surface area contributed by atoms with E-state index in [1.54, 1.807) is 11.8 Å². The minimum absolute atomic E-state index is 0.0302. The summed E-state index contributed by atoms with van der Waals surface area (Å²) >= 11 is 1.58. The van der Waals surface area contributed by atoms with Gasteiger partial charge in [0, 0.05) is 36.3 Å². The van der Waals surface area contributed by atoms with Gasteiger partial charge in [0.2, 0.25) is 0 Å². The van der Waals surface area contributed by atoms with Gasteiger partial charge < -0.3 is 14.2 Å². The fraction of sp³-hybridized carbons (Fsp3) is 0.393. The molecule has 0 aliphatic carbocycles. The van der Waals surface area contributed by atoms with E-state index in [1.807, 2.05) is 17.0 Å². The van der Waals surface area contributed by atoms with E-state index in [9.17, 15) is 4.79 Å². The molecule has 0 N–H and O–H groups in total. The van der Waals surface area contributed by atoms with Gasteiger partial charge >= 0.3 is 0 Å². The van der Waals surface area contributed by atoms with Crippen LogP contribution in [0.3, 0.4) is 0 Å². The monoisotopic (exact) mass is 462 g/mol. The van der Waals surface area contributed by atoms with Crippen molar-refractivity contribution in [2.45, 2.75) is 63.0 Å². The average Bonchev–Trinajstić information content (AvgIpc) is 3.23. The molecule has 4 rings (SSSR count). The number of amides is 1. The summed E-state index contributed by atoms with van der Waals surface area (Å²) in [6.45, 7) is 15.2. The summed E-state index contributed by atoms with van der Waals surface area (Å²) in [4.78, 5) is 18.6. The Balaban J connectivity index is 1.43. The lowest BCUT2D eigenvalue weighted by atomic mass is 9.87. The molecule has 174 valence electrons. The Kier molecular flexibility index (Phi) is 6.62. The van der Waals surface area contributed by atoms with Gasteiger partial charge in [-0.25, -0.2) is 0 Å². The Labute approximate surface area is 202 Å². The van der Waals surface area contributed by atoms with E-state index in [2.05, 4.69) is 88.9 Å². The van der Waals surface area contributed by atoms with Crippen molar-refractivity contribution in [3.05, 3.63) is 77.0 Å². The molecule has 0 saturated carbocycles. The molecule has 1 fully saturated rings. The van der Waals surface area contributed by atoms with Crippen molar-refractivity contribution >= 4 is 23.4 Å². The molecule has 1 unspecified atom stereocenters. The minimum Gasteiger partial charge on any atom is -0.444 e. The smallest absolute Gasteiger partial charge is 0.289 e. The van der Waals surface area contributed by atoms with Crippen LogP contribution in [0.15, 0.2) is 69.0 Å². The van der Waals surface area contributed by atoms with E-state index >= 15 is 0 Å². The van der Waals surface area contributed by atoms with Crippen LogP contribution in [-0.4, -0.2) is 36.5 Å². The predicted molar refractivity (Wildman–Crippen MR) is 137 cm³/mol. The predicted octanol–water partition coefficient (Wildman–Crippen LogP) is 6.70. The third kappa shape index (κ3) is 5.30. The minimum atomic E-state index is -0.0302. The standard InChI is InChI=1S/C28H34N2O2S/c1-19-7-11-23(12-8-19)30-16-15-29(18-21(30)3)27(31)24-13-14-26(32-24)33-25-17-22(28(4,5)6)10-9-20(25)2/h7-14,17,21H,15-16,18H2,1-6H3. The first-order valence-corrected chi connectivity index (χ1v) is 12.4. The summed E-state index contributed by atoms with van der Waals surface area (Å²) in [5.41, 5.74) is 5.05. The van der Waals surface area contributed by atoms with E-state index in [4.69, 9.17) is 4.42 Å². The second kappa shape index (κ2) is 9.30. The lowest BCUT2D eigenvalue weighted by Crippen LogP contribution is -2.53. The highest BCUT2D eigenvalue weighted by atomic mass is 32.2. The highest BCUT2D eigenvalue weighted by Crippen LogP contribution is 2.35. The number of nitrogens with zero attached hydrogens (tertiary/aromatic N) is 2. The number of aryl methyl sites for hydroxylation is 2. The Hall–Kier alpha value is -2.66. The van der Waals surface area contributed by atoms with Gasteiger partial charge in [-0.2, -0.15) is 0 Å². The number of furan rings is 1. The van der Waals surface area contributed by atoms with Crippen LogP contribution < -0.4 is 4.90 Å². The van der Waals surface area contributed by atoms with E-state index in [0.717, 1.165) is 16.5 Å². The van der Waals surface area contributed by atoms with Crippen molar-refractivity contribution < 1.29 is 9.21 Å². The molecule has 0 radical (unpaired) electrons. The van der Waals surface area contributed by atoms with Crippen LogP contribution in [0.2, 0.25) is 0 Å². The van der Waals surface area contributed by atoms with Gasteiger partial charge in [0.1, 0.15) is 0 Å². The number of benzene rings is 2. The molecule has 1 aromatic heterocycles. The van der Waals surface area contributed by atoms with E-state index in [0.29, 0.717) is 18.8 Å². The lowest BCUT2D eigenvalue weighted by Gasteiger charge is -2.41. The van der Waals surface area contributed by atoms with Crippen molar-refractivity contribution in [3.8, 4) is 0 Å². The van der Waals surface area contributed by atoms with Crippen LogP contribution in [-0.2, 0) is 5.41 Å². The quantitative estimate of drug-likeness (QED) is 0.432. The zero-order valence-electron chi connectivity index (χ0n) is 20.5. The second-order valence-electron chi connectivity index (χ2n) is 10.1. The first-order valence-electron chi connectivity index (χ1n) is 11.6.